The van der Waals surface area contributed by atoms with Crippen LogP contribution in [0, 0.1) is 18.4 Å². The molecule has 0 bridgehead atoms. The van der Waals surface area contributed by atoms with Crippen molar-refractivity contribution in [3.8, 4) is 12.5 Å². The third-order valence-electron chi connectivity index (χ3n) is 2.56. The van der Waals surface area contributed by atoms with Gasteiger partial charge in [-0.3, -0.25) is 0 Å². The van der Waals surface area contributed by atoms with E-state index in [1.54, 1.807) is 0 Å². The topological polar surface area (TPSA) is 6.48 Å². The first kappa shape index (κ1) is 9.41. The SMILES string of the molecule is C#CN1CCN(C)CC1C(C)C. The number of piperazine rings is 1. The molecule has 68 valence electrons. The van der Waals surface area contributed by atoms with E-state index < -0.39 is 0 Å². The molecule has 1 fully saturated rings. The lowest BCUT2D eigenvalue weighted by Crippen LogP contribution is -2.51. The Bertz CT molecular complexity index is 181. The Kier molecular flexibility index (Phi) is 2.99. The molecule has 0 spiro atoms. The normalized spacial score (nSPS) is 25.9. The molecule has 1 saturated heterocycles. The first-order valence-corrected chi connectivity index (χ1v) is 4.56. The minimum absolute atomic E-state index is 0.536. The van der Waals surface area contributed by atoms with Gasteiger partial charge in [0.25, 0.3) is 0 Å². The Balaban J connectivity index is 2.59. The molecule has 1 rings (SSSR count). The van der Waals surface area contributed by atoms with Crippen molar-refractivity contribution in [1.82, 2.24) is 9.80 Å². The van der Waals surface area contributed by atoms with Gasteiger partial charge in [0.1, 0.15) is 0 Å². The third kappa shape index (κ3) is 1.92. The van der Waals surface area contributed by atoms with Crippen molar-refractivity contribution in [2.75, 3.05) is 26.7 Å². The maximum absolute atomic E-state index is 5.43. The predicted octanol–water partition coefficient (Wildman–Crippen LogP) is 0.849. The molecular weight excluding hydrogens is 148 g/mol. The maximum Gasteiger partial charge on any atom is 0.0521 e. The van der Waals surface area contributed by atoms with Crippen LogP contribution < -0.4 is 0 Å². The van der Waals surface area contributed by atoms with Crippen LogP contribution in [-0.2, 0) is 0 Å². The van der Waals surface area contributed by atoms with Crippen LogP contribution in [0.2, 0.25) is 0 Å². The molecule has 1 unspecified atom stereocenters. The van der Waals surface area contributed by atoms with Gasteiger partial charge in [0.15, 0.2) is 0 Å². The highest BCUT2D eigenvalue weighted by molar-refractivity contribution is 4.95. The van der Waals surface area contributed by atoms with E-state index in [0.717, 1.165) is 19.6 Å². The zero-order valence-electron chi connectivity index (χ0n) is 8.25. The molecule has 0 saturated carbocycles. The second-order valence-electron chi connectivity index (χ2n) is 3.90. The Morgan fingerprint density at radius 1 is 1.42 bits per heavy atom. The molecule has 1 heterocycles. The van der Waals surface area contributed by atoms with E-state index in [2.05, 4.69) is 36.7 Å². The summed E-state index contributed by atoms with van der Waals surface area (Å²) in [5.41, 5.74) is 0. The van der Waals surface area contributed by atoms with Gasteiger partial charge < -0.3 is 9.80 Å². The molecule has 12 heavy (non-hydrogen) atoms. The maximum atomic E-state index is 5.43. The fourth-order valence-electron chi connectivity index (χ4n) is 1.68. The average molecular weight is 166 g/mol. The van der Waals surface area contributed by atoms with Gasteiger partial charge in [-0.2, -0.15) is 0 Å². The molecular formula is C10H18N2. The first-order chi connectivity index (χ1) is 5.65. The monoisotopic (exact) mass is 166 g/mol. The smallest absolute Gasteiger partial charge is 0.0521 e. The zero-order valence-corrected chi connectivity index (χ0v) is 8.25. The van der Waals surface area contributed by atoms with Crippen molar-refractivity contribution < 1.29 is 0 Å². The quantitative estimate of drug-likeness (QED) is 0.533. The highest BCUT2D eigenvalue weighted by Crippen LogP contribution is 2.14. The highest BCUT2D eigenvalue weighted by Gasteiger charge is 2.25. The predicted molar refractivity (Wildman–Crippen MR) is 51.7 cm³/mol. The van der Waals surface area contributed by atoms with Crippen LogP contribution in [0.4, 0.5) is 0 Å². The number of terminal acetylenes is 1. The van der Waals surface area contributed by atoms with Crippen LogP contribution in [0.1, 0.15) is 13.8 Å². The summed E-state index contributed by atoms with van der Waals surface area (Å²) in [6.45, 7) is 7.66. The number of rotatable bonds is 1. The molecule has 0 amide bonds. The number of nitrogens with zero attached hydrogens (tertiary/aromatic N) is 2. The third-order valence-corrected chi connectivity index (χ3v) is 2.56. The summed E-state index contributed by atoms with van der Waals surface area (Å²) < 4.78 is 0. The molecule has 2 heteroatoms. The Hall–Kier alpha value is -0.680. The molecule has 0 aromatic carbocycles. The minimum atomic E-state index is 0.536. The van der Waals surface area contributed by atoms with Gasteiger partial charge in [-0.25, -0.2) is 0 Å². The fourth-order valence-corrected chi connectivity index (χ4v) is 1.68. The van der Waals surface area contributed by atoms with Crippen LogP contribution in [0.25, 0.3) is 0 Å². The van der Waals surface area contributed by atoms with Crippen LogP contribution in [-0.4, -0.2) is 42.5 Å². The second-order valence-corrected chi connectivity index (χ2v) is 3.90. The van der Waals surface area contributed by atoms with Crippen LogP contribution in [0.3, 0.4) is 0 Å². The van der Waals surface area contributed by atoms with Crippen LogP contribution >= 0.6 is 0 Å². The molecule has 0 radical (unpaired) electrons. The Morgan fingerprint density at radius 2 is 2.08 bits per heavy atom. The van der Waals surface area contributed by atoms with Gasteiger partial charge in [-0.1, -0.05) is 20.3 Å². The Morgan fingerprint density at radius 3 is 2.58 bits per heavy atom. The van der Waals surface area contributed by atoms with Crippen molar-refractivity contribution >= 4 is 0 Å². The standard InChI is InChI=1S/C10H18N2/c1-5-12-7-6-11(4)8-10(12)9(2)3/h1,9-10H,6-8H2,2-4H3. The molecule has 0 N–H and O–H groups in total. The molecule has 2 nitrogen and oxygen atoms in total. The highest BCUT2D eigenvalue weighted by atomic mass is 15.3. The van der Waals surface area contributed by atoms with E-state index in [-0.39, 0.29) is 0 Å². The summed E-state index contributed by atoms with van der Waals surface area (Å²) in [5, 5.41) is 0. The number of likely N-dealkylation sites (N-methyl/N-ethyl adjacent to an activating group) is 1. The average Bonchev–Trinajstić information content (AvgIpc) is 2.04. The summed E-state index contributed by atoms with van der Waals surface area (Å²) in [6, 6.07) is 3.30. The largest absolute Gasteiger partial charge is 0.327 e. The van der Waals surface area contributed by atoms with E-state index in [9.17, 15) is 0 Å². The van der Waals surface area contributed by atoms with Crippen molar-refractivity contribution in [1.29, 1.82) is 0 Å². The zero-order chi connectivity index (χ0) is 9.14. The van der Waals surface area contributed by atoms with E-state index >= 15 is 0 Å². The number of hydrogen-bond acceptors (Lipinski definition) is 2. The van der Waals surface area contributed by atoms with E-state index in [1.165, 1.54) is 0 Å². The van der Waals surface area contributed by atoms with Crippen molar-refractivity contribution in [2.45, 2.75) is 19.9 Å². The van der Waals surface area contributed by atoms with Gasteiger partial charge >= 0.3 is 0 Å². The number of hydrogen-bond donors (Lipinski definition) is 0. The van der Waals surface area contributed by atoms with Crippen molar-refractivity contribution in [3.05, 3.63) is 0 Å². The lowest BCUT2D eigenvalue weighted by Gasteiger charge is -2.39. The van der Waals surface area contributed by atoms with Crippen molar-refractivity contribution in [2.24, 2.45) is 5.92 Å². The minimum Gasteiger partial charge on any atom is -0.327 e. The van der Waals surface area contributed by atoms with Gasteiger partial charge in [0.05, 0.1) is 6.04 Å². The Labute approximate surface area is 75.5 Å². The molecule has 0 aromatic heterocycles. The lowest BCUT2D eigenvalue weighted by molar-refractivity contribution is 0.111. The van der Waals surface area contributed by atoms with Crippen LogP contribution in [0.15, 0.2) is 0 Å². The fraction of sp³-hybridized carbons (Fsp3) is 0.800. The molecule has 0 aromatic rings. The second kappa shape index (κ2) is 3.82. The first-order valence-electron chi connectivity index (χ1n) is 4.56. The van der Waals surface area contributed by atoms with E-state index in [0.29, 0.717) is 12.0 Å². The summed E-state index contributed by atoms with van der Waals surface area (Å²) in [5.74, 6) is 0.642. The summed E-state index contributed by atoms with van der Waals surface area (Å²) in [7, 11) is 2.16. The molecule has 1 aliphatic rings. The van der Waals surface area contributed by atoms with Crippen LogP contribution in [0.5, 0.6) is 0 Å². The summed E-state index contributed by atoms with van der Waals surface area (Å²) in [6.07, 6.45) is 5.43. The van der Waals surface area contributed by atoms with Gasteiger partial charge in [-0.15, -0.1) is 0 Å². The molecule has 1 atom stereocenters. The van der Waals surface area contributed by atoms with Crippen molar-refractivity contribution in [3.63, 3.8) is 0 Å². The summed E-state index contributed by atoms with van der Waals surface area (Å²) >= 11 is 0. The van der Waals surface area contributed by atoms with Gasteiger partial charge in [0, 0.05) is 25.7 Å². The van der Waals surface area contributed by atoms with E-state index in [1.807, 2.05) is 0 Å². The lowest BCUT2D eigenvalue weighted by atomic mass is 10.0. The summed E-state index contributed by atoms with van der Waals surface area (Å²) in [4.78, 5) is 4.48. The van der Waals surface area contributed by atoms with Gasteiger partial charge in [0.2, 0.25) is 0 Å². The van der Waals surface area contributed by atoms with E-state index in [4.69, 9.17) is 6.42 Å². The van der Waals surface area contributed by atoms with Gasteiger partial charge in [-0.05, 0) is 13.0 Å². The molecule has 1 aliphatic heterocycles. The molecule has 0 aliphatic carbocycles.